The Bertz CT molecular complexity index is 1560. The Morgan fingerprint density at radius 1 is 1.06 bits per heavy atom. The van der Waals surface area contributed by atoms with E-state index in [1.54, 1.807) is 24.4 Å². The Hall–Kier alpha value is -4.60. The fraction of sp³-hybridized carbons (Fsp3) is 0.406. The van der Waals surface area contributed by atoms with Gasteiger partial charge < -0.3 is 29.7 Å². The number of anilines is 2. The van der Waals surface area contributed by atoms with Crippen LogP contribution in [0.4, 0.5) is 24.5 Å². The molecule has 0 aliphatic carbocycles. The standard InChI is InChI=1S/C32H37F3N8O4/c1-22-3-4-23(17-28(22)40-29(38-21-36-2)27-5-6-37-31(41-27)43-10-14-46-15-11-43)30(44)39-25-18-24(32(33,34)35)19-26(20-25)47-16-9-42-7-12-45-13-8-42/h3-4,6,17-21,40H,2,5,7-16H2,1H3,(H,39,44)/b29-27-,38-21-. The molecule has 5 rings (SSSR count). The molecule has 2 N–H and O–H groups in total. The van der Waals surface area contributed by atoms with Crippen molar-refractivity contribution >= 4 is 42.5 Å². The van der Waals surface area contributed by atoms with E-state index in [2.05, 4.69) is 37.2 Å². The SMILES string of the molecule is C=N/C=N\C(Nc1cc(C(=O)Nc2cc(OCCN3CCOCC3)cc(C(F)(F)F)c2)ccc1C)=C1/CC=NC(N2CCOCC2)=N1. The maximum absolute atomic E-state index is 13.8. The van der Waals surface area contributed by atoms with Gasteiger partial charge in [-0.1, -0.05) is 6.07 Å². The first-order valence-electron chi connectivity index (χ1n) is 15.2. The summed E-state index contributed by atoms with van der Waals surface area (Å²) in [5.41, 5.74) is 1.17. The summed E-state index contributed by atoms with van der Waals surface area (Å²) in [6, 6.07) is 8.11. The zero-order chi connectivity index (χ0) is 33.2. The summed E-state index contributed by atoms with van der Waals surface area (Å²) in [6.45, 7) is 11.2. The zero-order valence-corrected chi connectivity index (χ0v) is 26.1. The van der Waals surface area contributed by atoms with Gasteiger partial charge in [0, 0.05) is 68.4 Å². The lowest BCUT2D eigenvalue weighted by Crippen LogP contribution is -2.40. The van der Waals surface area contributed by atoms with Crippen LogP contribution in [0.1, 0.15) is 27.9 Å². The Labute approximate surface area is 270 Å². The Morgan fingerprint density at radius 2 is 1.81 bits per heavy atom. The number of benzene rings is 2. The van der Waals surface area contributed by atoms with E-state index in [1.165, 1.54) is 12.4 Å². The second-order valence-corrected chi connectivity index (χ2v) is 10.9. The molecule has 2 saturated heterocycles. The van der Waals surface area contributed by atoms with Gasteiger partial charge in [-0.3, -0.25) is 14.7 Å². The van der Waals surface area contributed by atoms with Gasteiger partial charge in [-0.2, -0.15) is 13.2 Å². The van der Waals surface area contributed by atoms with Gasteiger partial charge in [-0.25, -0.2) is 15.0 Å². The lowest BCUT2D eigenvalue weighted by molar-refractivity contribution is -0.137. The molecule has 0 bridgehead atoms. The number of nitrogens with one attached hydrogen (secondary N) is 2. The highest BCUT2D eigenvalue weighted by molar-refractivity contribution is 6.05. The monoisotopic (exact) mass is 654 g/mol. The molecule has 47 heavy (non-hydrogen) atoms. The minimum atomic E-state index is -4.64. The second-order valence-electron chi connectivity index (χ2n) is 10.9. The first-order valence-corrected chi connectivity index (χ1v) is 15.2. The van der Waals surface area contributed by atoms with E-state index in [1.807, 2.05) is 11.8 Å². The van der Waals surface area contributed by atoms with Crippen molar-refractivity contribution in [3.63, 3.8) is 0 Å². The molecule has 2 aromatic rings. The molecule has 3 aliphatic heterocycles. The van der Waals surface area contributed by atoms with E-state index in [4.69, 9.17) is 19.2 Å². The molecule has 15 heteroatoms. The predicted molar refractivity (Wildman–Crippen MR) is 175 cm³/mol. The summed E-state index contributed by atoms with van der Waals surface area (Å²) in [7, 11) is 0. The summed E-state index contributed by atoms with van der Waals surface area (Å²) < 4.78 is 57.7. The largest absolute Gasteiger partial charge is 0.492 e. The summed E-state index contributed by atoms with van der Waals surface area (Å²) in [5.74, 6) is 0.333. The van der Waals surface area contributed by atoms with Gasteiger partial charge in [0.15, 0.2) is 5.82 Å². The quantitative estimate of drug-likeness (QED) is 0.287. The number of hydrogen-bond donors (Lipinski definition) is 2. The van der Waals surface area contributed by atoms with Gasteiger partial charge in [0.25, 0.3) is 5.91 Å². The molecule has 0 unspecified atom stereocenters. The number of nitrogens with zero attached hydrogens (tertiary/aromatic N) is 6. The van der Waals surface area contributed by atoms with Crippen LogP contribution in [0.15, 0.2) is 67.9 Å². The third-order valence-electron chi connectivity index (χ3n) is 7.59. The molecule has 3 heterocycles. The van der Waals surface area contributed by atoms with Crippen LogP contribution in [0, 0.1) is 6.92 Å². The van der Waals surface area contributed by atoms with Gasteiger partial charge in [0.2, 0.25) is 5.96 Å². The molecule has 3 aliphatic rings. The van der Waals surface area contributed by atoms with E-state index in [-0.39, 0.29) is 23.6 Å². The van der Waals surface area contributed by atoms with Crippen molar-refractivity contribution in [2.75, 3.05) is 76.4 Å². The van der Waals surface area contributed by atoms with Crippen molar-refractivity contribution in [1.82, 2.24) is 9.80 Å². The fourth-order valence-corrected chi connectivity index (χ4v) is 5.02. The van der Waals surface area contributed by atoms with Crippen LogP contribution in [0.5, 0.6) is 5.75 Å². The molecular formula is C32H37F3N8O4. The van der Waals surface area contributed by atoms with Crippen LogP contribution < -0.4 is 15.4 Å². The van der Waals surface area contributed by atoms with Crippen LogP contribution in [0.2, 0.25) is 0 Å². The van der Waals surface area contributed by atoms with Crippen molar-refractivity contribution < 1.29 is 32.2 Å². The van der Waals surface area contributed by atoms with E-state index in [9.17, 15) is 18.0 Å². The smallest absolute Gasteiger partial charge is 0.416 e. The summed E-state index contributed by atoms with van der Waals surface area (Å²) >= 11 is 0. The number of ether oxygens (including phenoxy) is 3. The van der Waals surface area contributed by atoms with Crippen molar-refractivity contribution in [2.24, 2.45) is 20.0 Å². The number of carbonyl (C=O) groups is 1. The summed E-state index contributed by atoms with van der Waals surface area (Å²) in [6.07, 6.45) is -1.21. The third-order valence-corrected chi connectivity index (χ3v) is 7.59. The predicted octanol–water partition coefficient (Wildman–Crippen LogP) is 4.45. The van der Waals surface area contributed by atoms with Crippen LogP contribution in [-0.4, -0.2) is 107 Å². The number of guanidine groups is 1. The molecular weight excluding hydrogens is 617 g/mol. The number of amides is 1. The molecule has 250 valence electrons. The molecule has 0 aromatic heterocycles. The minimum absolute atomic E-state index is 0.00706. The van der Waals surface area contributed by atoms with Gasteiger partial charge in [0.05, 0.1) is 37.7 Å². The number of morpholine rings is 2. The molecule has 12 nitrogen and oxygen atoms in total. The first kappa shape index (κ1) is 33.8. The van der Waals surface area contributed by atoms with Gasteiger partial charge in [-0.05, 0) is 43.5 Å². The normalized spacial score (nSPS) is 18.6. The number of alkyl halides is 3. The lowest BCUT2D eigenvalue weighted by atomic mass is 10.1. The topological polar surface area (TPSA) is 125 Å². The summed E-state index contributed by atoms with van der Waals surface area (Å²) in [4.78, 5) is 34.8. The molecule has 2 aromatic carbocycles. The highest BCUT2D eigenvalue weighted by Gasteiger charge is 2.32. The van der Waals surface area contributed by atoms with Crippen LogP contribution >= 0.6 is 0 Å². The van der Waals surface area contributed by atoms with E-state index in [0.717, 1.165) is 30.8 Å². The number of aliphatic imine (C=N–C) groups is 4. The molecule has 0 radical (unpaired) electrons. The molecule has 0 spiro atoms. The average Bonchev–Trinajstić information content (AvgIpc) is 3.08. The van der Waals surface area contributed by atoms with Crippen LogP contribution in [0.25, 0.3) is 0 Å². The maximum atomic E-state index is 13.8. The van der Waals surface area contributed by atoms with Gasteiger partial charge >= 0.3 is 6.18 Å². The van der Waals surface area contributed by atoms with Crippen LogP contribution in [0.3, 0.4) is 0 Å². The number of carbonyl (C=O) groups excluding carboxylic acids is 1. The Balaban J connectivity index is 1.34. The third kappa shape index (κ3) is 9.47. The van der Waals surface area contributed by atoms with Crippen molar-refractivity contribution in [3.05, 3.63) is 64.6 Å². The number of allylic oxidation sites excluding steroid dienone is 1. The van der Waals surface area contributed by atoms with Crippen LogP contribution in [-0.2, 0) is 15.7 Å². The van der Waals surface area contributed by atoms with E-state index in [0.29, 0.717) is 75.6 Å². The highest BCUT2D eigenvalue weighted by Crippen LogP contribution is 2.34. The fourth-order valence-electron chi connectivity index (χ4n) is 5.02. The number of halogens is 3. The van der Waals surface area contributed by atoms with Crippen molar-refractivity contribution in [3.8, 4) is 5.75 Å². The lowest BCUT2D eigenvalue weighted by Gasteiger charge is -2.28. The van der Waals surface area contributed by atoms with E-state index < -0.39 is 17.6 Å². The van der Waals surface area contributed by atoms with Crippen molar-refractivity contribution in [1.29, 1.82) is 0 Å². The minimum Gasteiger partial charge on any atom is -0.492 e. The highest BCUT2D eigenvalue weighted by atomic mass is 19.4. The zero-order valence-electron chi connectivity index (χ0n) is 26.1. The van der Waals surface area contributed by atoms with Crippen molar-refractivity contribution in [2.45, 2.75) is 19.5 Å². The molecule has 0 saturated carbocycles. The van der Waals surface area contributed by atoms with Gasteiger partial charge in [-0.15, -0.1) is 0 Å². The maximum Gasteiger partial charge on any atom is 0.416 e. The second kappa shape index (κ2) is 15.8. The molecule has 2 fully saturated rings. The summed E-state index contributed by atoms with van der Waals surface area (Å²) in [5, 5.41) is 5.84. The number of aryl methyl sites for hydroxylation is 1. The Morgan fingerprint density at radius 3 is 2.53 bits per heavy atom. The molecule has 1 amide bonds. The van der Waals surface area contributed by atoms with Gasteiger partial charge in [0.1, 0.15) is 18.7 Å². The first-order chi connectivity index (χ1) is 22.7. The average molecular weight is 655 g/mol. The number of rotatable bonds is 10. The molecule has 0 atom stereocenters. The Kier molecular flexibility index (Phi) is 11.3. The van der Waals surface area contributed by atoms with E-state index >= 15 is 0 Å². The number of hydrogen-bond acceptors (Lipinski definition) is 10.